The number of anilines is 1. The number of fused-ring (bicyclic) bond motifs is 1. The molecule has 2 heterocycles. The van der Waals surface area contributed by atoms with Crippen molar-refractivity contribution >= 4 is 23.1 Å². The van der Waals surface area contributed by atoms with E-state index in [-0.39, 0.29) is 5.82 Å². The van der Waals surface area contributed by atoms with Gasteiger partial charge in [-0.2, -0.15) is 0 Å². The van der Waals surface area contributed by atoms with Gasteiger partial charge in [0.05, 0.1) is 0 Å². The minimum Gasteiger partial charge on any atom is -0.436 e. The third-order valence-corrected chi connectivity index (χ3v) is 3.98. The molecule has 0 spiro atoms. The maximum absolute atomic E-state index is 12.8. The van der Waals surface area contributed by atoms with Crippen LogP contribution in [0.3, 0.4) is 0 Å². The third-order valence-electron chi connectivity index (χ3n) is 3.98. The Balaban J connectivity index is 1.71. The van der Waals surface area contributed by atoms with E-state index >= 15 is 0 Å². The van der Waals surface area contributed by atoms with Gasteiger partial charge in [0.15, 0.2) is 23.1 Å². The van der Waals surface area contributed by atoms with Gasteiger partial charge in [0.2, 0.25) is 0 Å². The van der Waals surface area contributed by atoms with E-state index in [4.69, 9.17) is 10.5 Å². The zero-order valence-electron chi connectivity index (χ0n) is 13.7. The largest absolute Gasteiger partial charge is 0.436 e. The molecule has 128 valence electrons. The fraction of sp³-hybridized carbons (Fsp3) is 0.0526. The Morgan fingerprint density at radius 3 is 2.15 bits per heavy atom. The number of carbonyl (C=O) groups excluding carboxylic acids is 1. The van der Waals surface area contributed by atoms with E-state index in [1.54, 1.807) is 0 Å². The van der Waals surface area contributed by atoms with Gasteiger partial charge in [-0.3, -0.25) is 0 Å². The lowest BCUT2D eigenvalue weighted by Crippen LogP contribution is -2.18. The van der Waals surface area contributed by atoms with Crippen LogP contribution in [0.15, 0.2) is 73.3 Å². The van der Waals surface area contributed by atoms with Crippen molar-refractivity contribution in [3.05, 3.63) is 84.4 Å². The Morgan fingerprint density at radius 1 is 0.923 bits per heavy atom. The second-order valence-electron chi connectivity index (χ2n) is 5.63. The van der Waals surface area contributed by atoms with Gasteiger partial charge < -0.3 is 10.5 Å². The average molecular weight is 345 g/mol. The smallest absolute Gasteiger partial charge is 0.421 e. The normalized spacial score (nSPS) is 11.0. The van der Waals surface area contributed by atoms with E-state index in [2.05, 4.69) is 15.0 Å². The number of nitrogens with zero attached hydrogens (tertiary/aromatic N) is 4. The second kappa shape index (κ2) is 6.64. The van der Waals surface area contributed by atoms with E-state index in [1.807, 2.05) is 60.7 Å². The van der Waals surface area contributed by atoms with Crippen LogP contribution in [0.1, 0.15) is 17.2 Å². The quantitative estimate of drug-likeness (QED) is 0.612. The number of carbonyl (C=O) groups is 1. The Kier molecular flexibility index (Phi) is 4.03. The number of nitrogens with two attached hydrogens (primary N) is 1. The predicted octanol–water partition coefficient (Wildman–Crippen LogP) is 3.18. The van der Waals surface area contributed by atoms with Crippen LogP contribution in [0.4, 0.5) is 10.6 Å². The summed E-state index contributed by atoms with van der Waals surface area (Å²) >= 11 is 0. The number of nitrogen functional groups attached to an aromatic ring is 1. The molecule has 7 nitrogen and oxygen atoms in total. The van der Waals surface area contributed by atoms with Crippen LogP contribution in [0.25, 0.3) is 11.2 Å². The molecule has 0 radical (unpaired) electrons. The molecule has 0 atom stereocenters. The Labute approximate surface area is 149 Å². The summed E-state index contributed by atoms with van der Waals surface area (Å²) in [6.07, 6.45) is 1.48. The summed E-state index contributed by atoms with van der Waals surface area (Å²) in [5.41, 5.74) is 8.18. The van der Waals surface area contributed by atoms with Gasteiger partial charge in [-0.15, -0.1) is 0 Å². The molecular formula is C19H15N5O2. The molecule has 0 saturated heterocycles. The highest BCUT2D eigenvalue weighted by atomic mass is 16.6. The number of ether oxygens (including phenoxy) is 1. The number of imidazole rings is 1. The van der Waals surface area contributed by atoms with Crippen molar-refractivity contribution in [3.8, 4) is 0 Å². The van der Waals surface area contributed by atoms with Gasteiger partial charge in [-0.05, 0) is 11.1 Å². The van der Waals surface area contributed by atoms with Crippen molar-refractivity contribution in [1.29, 1.82) is 0 Å². The lowest BCUT2D eigenvalue weighted by molar-refractivity contribution is 0.119. The van der Waals surface area contributed by atoms with E-state index in [9.17, 15) is 4.79 Å². The zero-order chi connectivity index (χ0) is 17.9. The number of benzene rings is 2. The van der Waals surface area contributed by atoms with Crippen LogP contribution in [-0.4, -0.2) is 25.6 Å². The molecule has 0 aliphatic rings. The summed E-state index contributed by atoms with van der Waals surface area (Å²) in [4.78, 5) is 24.9. The SMILES string of the molecule is Nc1ncnc2c1ncn2C(=O)OC(c1ccccc1)c1ccccc1. The Hall–Kier alpha value is -3.74. The third kappa shape index (κ3) is 2.86. The van der Waals surface area contributed by atoms with Crippen LogP contribution in [0, 0.1) is 0 Å². The average Bonchev–Trinajstić information content (AvgIpc) is 3.13. The number of hydrogen-bond acceptors (Lipinski definition) is 6. The van der Waals surface area contributed by atoms with Gasteiger partial charge in [-0.25, -0.2) is 24.3 Å². The molecule has 0 saturated carbocycles. The first-order chi connectivity index (χ1) is 12.7. The lowest BCUT2D eigenvalue weighted by Gasteiger charge is -2.19. The molecule has 4 aromatic rings. The lowest BCUT2D eigenvalue weighted by atomic mass is 10.0. The van der Waals surface area contributed by atoms with Crippen molar-refractivity contribution < 1.29 is 9.53 Å². The molecular weight excluding hydrogens is 330 g/mol. The van der Waals surface area contributed by atoms with Crippen molar-refractivity contribution in [2.24, 2.45) is 0 Å². The van der Waals surface area contributed by atoms with Crippen LogP contribution >= 0.6 is 0 Å². The Morgan fingerprint density at radius 2 is 1.54 bits per heavy atom. The van der Waals surface area contributed by atoms with Gasteiger partial charge in [0.25, 0.3) is 0 Å². The summed E-state index contributed by atoms with van der Waals surface area (Å²) in [6, 6.07) is 19.1. The summed E-state index contributed by atoms with van der Waals surface area (Å²) < 4.78 is 7.03. The molecule has 0 fully saturated rings. The highest BCUT2D eigenvalue weighted by Crippen LogP contribution is 2.27. The molecule has 2 aromatic carbocycles. The highest BCUT2D eigenvalue weighted by Gasteiger charge is 2.22. The first-order valence-electron chi connectivity index (χ1n) is 7.98. The molecule has 2 aromatic heterocycles. The van der Waals surface area contributed by atoms with Crippen LogP contribution < -0.4 is 5.73 Å². The zero-order valence-corrected chi connectivity index (χ0v) is 13.7. The van der Waals surface area contributed by atoms with E-state index in [1.165, 1.54) is 17.2 Å². The standard InChI is InChI=1S/C19H15N5O2/c20-17-15-18(22-11-21-17)24(12-23-15)19(25)26-16(13-7-3-1-4-8-13)14-9-5-2-6-10-14/h1-12,16H,(H2,20,21,22). The summed E-state index contributed by atoms with van der Waals surface area (Å²) in [7, 11) is 0. The second-order valence-corrected chi connectivity index (χ2v) is 5.63. The number of aromatic nitrogens is 4. The van der Waals surface area contributed by atoms with Gasteiger partial charge >= 0.3 is 6.09 Å². The minimum atomic E-state index is -0.594. The maximum atomic E-state index is 12.8. The molecule has 2 N–H and O–H groups in total. The van der Waals surface area contributed by atoms with Crippen molar-refractivity contribution in [2.75, 3.05) is 5.73 Å². The van der Waals surface area contributed by atoms with Crippen molar-refractivity contribution in [3.63, 3.8) is 0 Å². The first-order valence-corrected chi connectivity index (χ1v) is 7.98. The first kappa shape index (κ1) is 15.8. The molecule has 0 unspecified atom stereocenters. The fourth-order valence-corrected chi connectivity index (χ4v) is 2.73. The minimum absolute atomic E-state index is 0.212. The van der Waals surface area contributed by atoms with Crippen molar-refractivity contribution in [1.82, 2.24) is 19.5 Å². The van der Waals surface area contributed by atoms with E-state index in [0.29, 0.717) is 11.2 Å². The molecule has 7 heteroatoms. The molecule has 0 aliphatic heterocycles. The number of hydrogen-bond donors (Lipinski definition) is 1. The molecule has 26 heavy (non-hydrogen) atoms. The topological polar surface area (TPSA) is 95.9 Å². The van der Waals surface area contributed by atoms with Gasteiger partial charge in [0.1, 0.15) is 12.7 Å². The fourth-order valence-electron chi connectivity index (χ4n) is 2.73. The van der Waals surface area contributed by atoms with Gasteiger partial charge in [-0.1, -0.05) is 60.7 Å². The summed E-state index contributed by atoms with van der Waals surface area (Å²) in [6.45, 7) is 0. The molecule has 4 rings (SSSR count). The Bertz CT molecular complexity index is 1010. The predicted molar refractivity (Wildman–Crippen MR) is 96.3 cm³/mol. The van der Waals surface area contributed by atoms with Gasteiger partial charge in [0, 0.05) is 0 Å². The van der Waals surface area contributed by atoms with Crippen LogP contribution in [-0.2, 0) is 4.74 Å². The van der Waals surface area contributed by atoms with Crippen LogP contribution in [0.2, 0.25) is 0 Å². The van der Waals surface area contributed by atoms with E-state index < -0.39 is 12.2 Å². The highest BCUT2D eigenvalue weighted by molar-refractivity contribution is 5.88. The summed E-state index contributed by atoms with van der Waals surface area (Å²) in [5.74, 6) is 0.212. The molecule has 0 amide bonds. The van der Waals surface area contributed by atoms with E-state index in [0.717, 1.165) is 11.1 Å². The molecule has 0 bridgehead atoms. The number of rotatable bonds is 3. The van der Waals surface area contributed by atoms with Crippen molar-refractivity contribution in [2.45, 2.75) is 6.10 Å². The summed E-state index contributed by atoms with van der Waals surface area (Å²) in [5, 5.41) is 0. The monoisotopic (exact) mass is 345 g/mol. The molecule has 0 aliphatic carbocycles. The van der Waals surface area contributed by atoms with Crippen LogP contribution in [0.5, 0.6) is 0 Å². The maximum Gasteiger partial charge on any atom is 0.421 e.